The molecule has 0 saturated carbocycles. The molecular weight excluding hydrogens is 358 g/mol. The summed E-state index contributed by atoms with van der Waals surface area (Å²) in [5.74, 6) is 0.699. The minimum Gasteiger partial charge on any atom is -0.378 e. The van der Waals surface area contributed by atoms with E-state index in [0.717, 1.165) is 38.3 Å². The molecule has 0 aliphatic rings. The van der Waals surface area contributed by atoms with Crippen LogP contribution < -0.4 is 16.0 Å². The maximum absolute atomic E-state index is 11.6. The van der Waals surface area contributed by atoms with Gasteiger partial charge in [0.25, 0.3) is 5.69 Å². The van der Waals surface area contributed by atoms with Gasteiger partial charge in [0.15, 0.2) is 15.8 Å². The maximum Gasteiger partial charge on any atom is 0.293 e. The summed E-state index contributed by atoms with van der Waals surface area (Å²) in [6.07, 6.45) is 3.09. The van der Waals surface area contributed by atoms with Crippen molar-refractivity contribution in [2.75, 3.05) is 37.8 Å². The lowest BCUT2D eigenvalue weighted by Gasteiger charge is -2.12. The molecule has 3 N–H and O–H groups in total. The Labute approximate surface area is 154 Å². The van der Waals surface area contributed by atoms with Crippen molar-refractivity contribution in [3.63, 3.8) is 0 Å². The van der Waals surface area contributed by atoms with Gasteiger partial charge in [-0.15, -0.1) is 0 Å². The Morgan fingerprint density at radius 3 is 2.54 bits per heavy atom. The lowest BCUT2D eigenvalue weighted by Crippen LogP contribution is -2.39. The van der Waals surface area contributed by atoms with Crippen molar-refractivity contribution in [3.8, 4) is 0 Å². The third-order valence-electron chi connectivity index (χ3n) is 3.45. The van der Waals surface area contributed by atoms with Crippen molar-refractivity contribution >= 4 is 27.2 Å². The number of guanidine groups is 1. The largest absolute Gasteiger partial charge is 0.378 e. The van der Waals surface area contributed by atoms with Crippen LogP contribution in [0.3, 0.4) is 0 Å². The number of hydrogen-bond acceptors (Lipinski definition) is 6. The highest BCUT2D eigenvalue weighted by molar-refractivity contribution is 7.90. The zero-order valence-electron chi connectivity index (χ0n) is 15.4. The molecule has 1 aromatic rings. The van der Waals surface area contributed by atoms with Gasteiger partial charge in [-0.2, -0.15) is 0 Å². The summed E-state index contributed by atoms with van der Waals surface area (Å²) in [7, 11) is -3.50. The van der Waals surface area contributed by atoms with Gasteiger partial charge in [0.05, 0.1) is 9.82 Å². The Balaban J connectivity index is 2.69. The summed E-state index contributed by atoms with van der Waals surface area (Å²) in [6, 6.07) is 3.84. The number of nitrogens with zero attached hydrogens (tertiary/aromatic N) is 2. The van der Waals surface area contributed by atoms with E-state index < -0.39 is 14.8 Å². The fourth-order valence-corrected chi connectivity index (χ4v) is 2.75. The van der Waals surface area contributed by atoms with Crippen LogP contribution in [0.25, 0.3) is 0 Å². The van der Waals surface area contributed by atoms with Crippen LogP contribution in [0, 0.1) is 10.1 Å². The molecule has 0 aliphatic carbocycles. The van der Waals surface area contributed by atoms with Gasteiger partial charge >= 0.3 is 0 Å². The highest BCUT2D eigenvalue weighted by Crippen LogP contribution is 2.27. The van der Waals surface area contributed by atoms with Crippen LogP contribution in [-0.2, 0) is 9.84 Å². The first kappa shape index (κ1) is 21.7. The molecule has 0 saturated heterocycles. The van der Waals surface area contributed by atoms with Gasteiger partial charge < -0.3 is 16.0 Å². The molecule has 0 radical (unpaired) electrons. The first-order valence-corrected chi connectivity index (χ1v) is 10.4. The molecule has 9 nitrogen and oxygen atoms in total. The Bertz CT molecular complexity index is 734. The lowest BCUT2D eigenvalue weighted by molar-refractivity contribution is -0.384. The maximum atomic E-state index is 11.6. The zero-order valence-corrected chi connectivity index (χ0v) is 16.2. The van der Waals surface area contributed by atoms with E-state index in [9.17, 15) is 18.5 Å². The average molecular weight is 385 g/mol. The number of nitro benzene ring substituents is 1. The van der Waals surface area contributed by atoms with Crippen LogP contribution in [0.5, 0.6) is 0 Å². The Hall–Kier alpha value is -2.36. The molecule has 0 unspecified atom stereocenters. The fourth-order valence-electron chi connectivity index (χ4n) is 2.11. The minimum absolute atomic E-state index is 0.0784. The number of unbranched alkanes of at least 4 members (excludes halogenated alkanes) is 1. The van der Waals surface area contributed by atoms with Crippen LogP contribution in [-0.4, -0.2) is 51.7 Å². The number of benzene rings is 1. The molecule has 0 aromatic heterocycles. The molecule has 10 heteroatoms. The molecule has 26 heavy (non-hydrogen) atoms. The second kappa shape index (κ2) is 10.6. The van der Waals surface area contributed by atoms with Gasteiger partial charge in [0.1, 0.15) is 5.69 Å². The van der Waals surface area contributed by atoms with E-state index >= 15 is 0 Å². The molecule has 1 rings (SSSR count). The van der Waals surface area contributed by atoms with Crippen molar-refractivity contribution in [3.05, 3.63) is 28.3 Å². The van der Waals surface area contributed by atoms with Gasteiger partial charge in [-0.3, -0.25) is 15.1 Å². The Morgan fingerprint density at radius 2 is 1.96 bits per heavy atom. The van der Waals surface area contributed by atoms with E-state index in [1.165, 1.54) is 12.1 Å². The van der Waals surface area contributed by atoms with Gasteiger partial charge in [0, 0.05) is 38.5 Å². The number of nitrogens with one attached hydrogen (secondary N) is 3. The predicted molar refractivity (Wildman–Crippen MR) is 104 cm³/mol. The van der Waals surface area contributed by atoms with Crippen molar-refractivity contribution in [2.45, 2.75) is 31.6 Å². The van der Waals surface area contributed by atoms with Crippen molar-refractivity contribution < 1.29 is 13.3 Å². The molecule has 0 amide bonds. The van der Waals surface area contributed by atoms with E-state index in [1.807, 2.05) is 6.92 Å². The van der Waals surface area contributed by atoms with Gasteiger partial charge in [0.2, 0.25) is 0 Å². The van der Waals surface area contributed by atoms with E-state index in [2.05, 4.69) is 27.9 Å². The van der Waals surface area contributed by atoms with Gasteiger partial charge in [-0.25, -0.2) is 8.42 Å². The predicted octanol–water partition coefficient (Wildman–Crippen LogP) is 1.77. The molecule has 0 atom stereocenters. The second-order valence-corrected chi connectivity index (χ2v) is 7.69. The second-order valence-electron chi connectivity index (χ2n) is 5.68. The zero-order chi connectivity index (χ0) is 19.6. The molecule has 0 spiro atoms. The molecular formula is C16H27N5O4S. The molecule has 0 heterocycles. The van der Waals surface area contributed by atoms with Gasteiger partial charge in [-0.1, -0.05) is 13.3 Å². The van der Waals surface area contributed by atoms with E-state index in [0.29, 0.717) is 19.0 Å². The summed E-state index contributed by atoms with van der Waals surface area (Å²) >= 11 is 0. The van der Waals surface area contributed by atoms with E-state index in [4.69, 9.17) is 0 Å². The minimum atomic E-state index is -3.50. The lowest BCUT2D eigenvalue weighted by atomic mass is 10.2. The quantitative estimate of drug-likeness (QED) is 0.184. The first-order chi connectivity index (χ1) is 12.3. The van der Waals surface area contributed by atoms with Crippen LogP contribution in [0.2, 0.25) is 0 Å². The summed E-state index contributed by atoms with van der Waals surface area (Å²) in [4.78, 5) is 14.9. The monoisotopic (exact) mass is 385 g/mol. The average Bonchev–Trinajstić information content (AvgIpc) is 2.57. The summed E-state index contributed by atoms with van der Waals surface area (Å²) in [5, 5.41) is 20.4. The first-order valence-electron chi connectivity index (χ1n) is 8.54. The SMILES string of the molecule is CCCCN=C(NCC)NCCNc1ccc(S(C)(=O)=O)cc1[N+](=O)[O-]. The van der Waals surface area contributed by atoms with Crippen LogP contribution in [0.15, 0.2) is 28.1 Å². The summed E-state index contributed by atoms with van der Waals surface area (Å²) in [5.41, 5.74) is 0.00793. The topological polar surface area (TPSA) is 126 Å². The number of rotatable bonds is 10. The van der Waals surface area contributed by atoms with Crippen LogP contribution >= 0.6 is 0 Å². The van der Waals surface area contributed by atoms with Crippen molar-refractivity contribution in [2.24, 2.45) is 4.99 Å². The number of anilines is 1. The van der Waals surface area contributed by atoms with Crippen molar-refractivity contribution in [1.29, 1.82) is 0 Å². The van der Waals surface area contributed by atoms with Gasteiger partial charge in [-0.05, 0) is 25.5 Å². The normalized spacial score (nSPS) is 11.9. The fraction of sp³-hybridized carbons (Fsp3) is 0.562. The highest BCUT2D eigenvalue weighted by Gasteiger charge is 2.18. The number of hydrogen-bond donors (Lipinski definition) is 3. The smallest absolute Gasteiger partial charge is 0.293 e. The molecule has 146 valence electrons. The summed E-state index contributed by atoms with van der Waals surface area (Å²) in [6.45, 7) is 6.46. The molecule has 0 bridgehead atoms. The van der Waals surface area contributed by atoms with Crippen LogP contribution in [0.4, 0.5) is 11.4 Å². The highest BCUT2D eigenvalue weighted by atomic mass is 32.2. The third kappa shape index (κ3) is 7.26. The van der Waals surface area contributed by atoms with E-state index in [-0.39, 0.29) is 16.3 Å². The van der Waals surface area contributed by atoms with E-state index in [1.54, 1.807) is 0 Å². The summed E-state index contributed by atoms with van der Waals surface area (Å²) < 4.78 is 23.1. The van der Waals surface area contributed by atoms with Crippen LogP contribution in [0.1, 0.15) is 26.7 Å². The van der Waals surface area contributed by atoms with Crippen molar-refractivity contribution in [1.82, 2.24) is 10.6 Å². The third-order valence-corrected chi connectivity index (χ3v) is 4.56. The Morgan fingerprint density at radius 1 is 1.23 bits per heavy atom. The number of sulfone groups is 1. The number of nitro groups is 1. The molecule has 1 aromatic carbocycles. The molecule has 0 fully saturated rings. The standard InChI is InChI=1S/C16H27N5O4S/c1-4-6-9-19-16(17-5-2)20-11-10-18-14-8-7-13(26(3,24)25)12-15(14)21(22)23/h7-8,12,18H,4-6,9-11H2,1-3H3,(H2,17,19,20). The Kier molecular flexibility index (Phi) is 8.83. The molecule has 0 aliphatic heterocycles. The number of aliphatic imine (C=N–C) groups is 1.